The van der Waals surface area contributed by atoms with Gasteiger partial charge in [0.15, 0.2) is 0 Å². The maximum atomic E-state index is 11.8. The van der Waals surface area contributed by atoms with Gasteiger partial charge in [-0.2, -0.15) is 0 Å². The van der Waals surface area contributed by atoms with Crippen molar-refractivity contribution < 1.29 is 14.6 Å². The number of carbonyl (C=O) groups is 1. The minimum Gasteiger partial charge on any atom is -0.506 e. The molecule has 0 aliphatic carbocycles. The molecule has 0 radical (unpaired) electrons. The number of hydrogen-bond acceptors (Lipinski definition) is 4. The first-order valence-electron chi connectivity index (χ1n) is 7.92. The molecule has 0 bridgehead atoms. The van der Waals surface area contributed by atoms with E-state index in [-0.39, 0.29) is 17.9 Å². The fourth-order valence-electron chi connectivity index (χ4n) is 2.62. The van der Waals surface area contributed by atoms with Gasteiger partial charge in [-0.15, -0.1) is 0 Å². The Morgan fingerprint density at radius 2 is 2.04 bits per heavy atom. The van der Waals surface area contributed by atoms with Crippen molar-refractivity contribution in [1.82, 2.24) is 10.2 Å². The van der Waals surface area contributed by atoms with Gasteiger partial charge in [0, 0.05) is 25.7 Å². The highest BCUT2D eigenvalue weighted by Gasteiger charge is 2.23. The number of halogens is 1. The second kappa shape index (κ2) is 7.41. The van der Waals surface area contributed by atoms with E-state index in [1.165, 1.54) is 0 Å². The molecule has 0 saturated carbocycles. The smallest absolute Gasteiger partial charge is 0.407 e. The number of piperidine rings is 1. The van der Waals surface area contributed by atoms with Gasteiger partial charge in [0.05, 0.1) is 5.02 Å². The summed E-state index contributed by atoms with van der Waals surface area (Å²) < 4.78 is 5.28. The van der Waals surface area contributed by atoms with Crippen molar-refractivity contribution in [2.24, 2.45) is 0 Å². The average molecular weight is 341 g/mol. The highest BCUT2D eigenvalue weighted by atomic mass is 35.5. The van der Waals surface area contributed by atoms with Crippen LogP contribution >= 0.6 is 11.6 Å². The van der Waals surface area contributed by atoms with Gasteiger partial charge in [0.1, 0.15) is 11.4 Å². The van der Waals surface area contributed by atoms with Gasteiger partial charge in [0.2, 0.25) is 0 Å². The number of phenolic OH excluding ortho intramolecular Hbond substituents is 1. The third kappa shape index (κ3) is 5.92. The predicted molar refractivity (Wildman–Crippen MR) is 90.8 cm³/mol. The van der Waals surface area contributed by atoms with Gasteiger partial charge in [-0.25, -0.2) is 4.79 Å². The number of aromatic hydroxyl groups is 1. The van der Waals surface area contributed by atoms with Crippen LogP contribution in [-0.4, -0.2) is 40.8 Å². The molecule has 128 valence electrons. The van der Waals surface area contributed by atoms with Crippen LogP contribution in [0.2, 0.25) is 5.02 Å². The molecule has 0 spiro atoms. The summed E-state index contributed by atoms with van der Waals surface area (Å²) in [6.07, 6.45) is 1.43. The minimum atomic E-state index is -0.471. The molecule has 0 aromatic heterocycles. The summed E-state index contributed by atoms with van der Waals surface area (Å²) in [4.78, 5) is 14.1. The maximum absolute atomic E-state index is 11.8. The zero-order valence-electron chi connectivity index (χ0n) is 13.9. The monoisotopic (exact) mass is 340 g/mol. The van der Waals surface area contributed by atoms with Crippen LogP contribution in [-0.2, 0) is 11.3 Å². The van der Waals surface area contributed by atoms with Crippen LogP contribution in [0, 0.1) is 0 Å². The molecule has 2 N–H and O–H groups in total. The van der Waals surface area contributed by atoms with Gasteiger partial charge >= 0.3 is 6.09 Å². The zero-order valence-corrected chi connectivity index (χ0v) is 14.7. The van der Waals surface area contributed by atoms with Crippen molar-refractivity contribution in [3.63, 3.8) is 0 Å². The fourth-order valence-corrected chi connectivity index (χ4v) is 2.74. The highest BCUT2D eigenvalue weighted by Crippen LogP contribution is 2.25. The second-order valence-corrected chi connectivity index (χ2v) is 7.39. The lowest BCUT2D eigenvalue weighted by Gasteiger charge is -2.32. The van der Waals surface area contributed by atoms with E-state index >= 15 is 0 Å². The van der Waals surface area contributed by atoms with E-state index in [0.717, 1.165) is 38.0 Å². The number of amides is 1. The van der Waals surface area contributed by atoms with Crippen molar-refractivity contribution in [2.45, 2.75) is 51.8 Å². The predicted octanol–water partition coefficient (Wildman–Crippen LogP) is 3.53. The molecular weight excluding hydrogens is 316 g/mol. The Morgan fingerprint density at radius 3 is 2.61 bits per heavy atom. The van der Waals surface area contributed by atoms with Gasteiger partial charge < -0.3 is 15.2 Å². The number of rotatable bonds is 3. The third-order valence-corrected chi connectivity index (χ3v) is 4.04. The van der Waals surface area contributed by atoms with Gasteiger partial charge in [-0.1, -0.05) is 17.7 Å². The van der Waals surface area contributed by atoms with Crippen LogP contribution in [0.25, 0.3) is 0 Å². The largest absolute Gasteiger partial charge is 0.506 e. The molecule has 5 nitrogen and oxygen atoms in total. The van der Waals surface area contributed by atoms with E-state index in [1.54, 1.807) is 12.1 Å². The molecule has 1 saturated heterocycles. The molecule has 1 aromatic rings. The van der Waals surface area contributed by atoms with Crippen LogP contribution in [0.5, 0.6) is 5.75 Å². The molecule has 1 aliphatic rings. The summed E-state index contributed by atoms with van der Waals surface area (Å²) in [5, 5.41) is 13.0. The molecule has 1 heterocycles. The first kappa shape index (κ1) is 17.9. The van der Waals surface area contributed by atoms with Crippen molar-refractivity contribution in [2.75, 3.05) is 13.1 Å². The van der Waals surface area contributed by atoms with E-state index in [1.807, 2.05) is 26.8 Å². The Hall–Kier alpha value is -1.46. The first-order valence-corrected chi connectivity index (χ1v) is 8.30. The normalized spacial score (nSPS) is 17.0. The Morgan fingerprint density at radius 1 is 1.39 bits per heavy atom. The molecular formula is C17H25ClN2O3. The summed E-state index contributed by atoms with van der Waals surface area (Å²) in [6, 6.07) is 5.49. The molecule has 0 atom stereocenters. The Balaban J connectivity index is 1.77. The number of nitrogens with zero attached hydrogens (tertiary/aromatic N) is 1. The van der Waals surface area contributed by atoms with E-state index in [0.29, 0.717) is 5.02 Å². The van der Waals surface area contributed by atoms with Gasteiger partial charge in [-0.05, 0) is 51.3 Å². The Kier molecular flexibility index (Phi) is 5.76. The number of likely N-dealkylation sites (tertiary alicyclic amines) is 1. The molecule has 1 aliphatic heterocycles. The molecule has 0 unspecified atom stereocenters. The number of ether oxygens (including phenoxy) is 1. The quantitative estimate of drug-likeness (QED) is 0.883. The number of phenols is 1. The van der Waals surface area contributed by atoms with Crippen molar-refractivity contribution >= 4 is 17.7 Å². The highest BCUT2D eigenvalue weighted by molar-refractivity contribution is 6.31. The summed E-state index contributed by atoms with van der Waals surface area (Å²) in [5.41, 5.74) is 0.562. The standard InChI is InChI=1S/C17H25ClN2O3/c1-17(2,3)23-16(22)19-13-6-8-20(9-7-13)11-12-4-5-14(18)15(21)10-12/h4-5,10,13,21H,6-9,11H2,1-3H3,(H,19,22). The van der Waals surface area contributed by atoms with E-state index in [4.69, 9.17) is 16.3 Å². The molecule has 2 rings (SSSR count). The molecule has 1 fully saturated rings. The lowest BCUT2D eigenvalue weighted by Crippen LogP contribution is -2.45. The van der Waals surface area contributed by atoms with E-state index in [2.05, 4.69) is 10.2 Å². The van der Waals surface area contributed by atoms with Crippen molar-refractivity contribution in [3.05, 3.63) is 28.8 Å². The van der Waals surface area contributed by atoms with E-state index < -0.39 is 5.60 Å². The molecule has 1 aromatic carbocycles. The lowest BCUT2D eigenvalue weighted by molar-refractivity contribution is 0.0477. The van der Waals surface area contributed by atoms with Gasteiger partial charge in [0.25, 0.3) is 0 Å². The lowest BCUT2D eigenvalue weighted by atomic mass is 10.0. The fraction of sp³-hybridized carbons (Fsp3) is 0.588. The molecule has 1 amide bonds. The van der Waals surface area contributed by atoms with Crippen LogP contribution in [0.3, 0.4) is 0 Å². The topological polar surface area (TPSA) is 61.8 Å². The number of hydrogen-bond donors (Lipinski definition) is 2. The maximum Gasteiger partial charge on any atom is 0.407 e. The SMILES string of the molecule is CC(C)(C)OC(=O)NC1CCN(Cc2ccc(Cl)c(O)c2)CC1. The summed E-state index contributed by atoms with van der Waals surface area (Å²) in [5.74, 6) is 0.116. The van der Waals surface area contributed by atoms with Crippen molar-refractivity contribution in [3.8, 4) is 5.75 Å². The summed E-state index contributed by atoms with van der Waals surface area (Å²) >= 11 is 5.82. The first-order chi connectivity index (χ1) is 10.7. The molecule has 23 heavy (non-hydrogen) atoms. The summed E-state index contributed by atoms with van der Waals surface area (Å²) in [7, 11) is 0. The van der Waals surface area contributed by atoms with Crippen LogP contribution in [0.15, 0.2) is 18.2 Å². The van der Waals surface area contributed by atoms with Crippen LogP contribution < -0.4 is 5.32 Å². The minimum absolute atomic E-state index is 0.116. The number of nitrogens with one attached hydrogen (secondary N) is 1. The Labute approximate surface area is 142 Å². The molecule has 6 heteroatoms. The van der Waals surface area contributed by atoms with Crippen molar-refractivity contribution in [1.29, 1.82) is 0 Å². The van der Waals surface area contributed by atoms with E-state index in [9.17, 15) is 9.90 Å². The number of carbonyl (C=O) groups excluding carboxylic acids is 1. The Bertz CT molecular complexity index is 549. The summed E-state index contributed by atoms with van der Waals surface area (Å²) in [6.45, 7) is 8.13. The van der Waals surface area contributed by atoms with Crippen LogP contribution in [0.1, 0.15) is 39.2 Å². The second-order valence-electron chi connectivity index (χ2n) is 6.98. The average Bonchev–Trinajstić information content (AvgIpc) is 2.43. The zero-order chi connectivity index (χ0) is 17.0. The third-order valence-electron chi connectivity index (χ3n) is 3.73. The van der Waals surface area contributed by atoms with Gasteiger partial charge in [-0.3, -0.25) is 4.90 Å². The number of benzene rings is 1. The number of alkyl carbamates (subject to hydrolysis) is 1. The van der Waals surface area contributed by atoms with Crippen LogP contribution in [0.4, 0.5) is 4.79 Å².